The van der Waals surface area contributed by atoms with Crippen LogP contribution in [0.5, 0.6) is 0 Å². The lowest BCUT2D eigenvalue weighted by molar-refractivity contribution is -0.146. The van der Waals surface area contributed by atoms with Crippen LogP contribution >= 0.6 is 0 Å². The average Bonchev–Trinajstić information content (AvgIpc) is 3.61. The van der Waals surface area contributed by atoms with Gasteiger partial charge >= 0.3 is 5.97 Å². The van der Waals surface area contributed by atoms with Crippen molar-refractivity contribution in [3.8, 4) is 0 Å². The third kappa shape index (κ3) is 4.03. The molecule has 1 aliphatic carbocycles. The average molecular weight is 467 g/mol. The number of aromatic amines is 1. The first-order chi connectivity index (χ1) is 16.5. The van der Waals surface area contributed by atoms with Crippen LogP contribution in [0.2, 0.25) is 0 Å². The number of benzene rings is 1. The molecular formula is C25H30N4O5. The van der Waals surface area contributed by atoms with Crippen LogP contribution in [0.4, 0.5) is 0 Å². The molecule has 3 N–H and O–H groups in total. The van der Waals surface area contributed by atoms with Crippen molar-refractivity contribution in [1.29, 1.82) is 0 Å². The van der Waals surface area contributed by atoms with Gasteiger partial charge in [-0.1, -0.05) is 24.6 Å². The van der Waals surface area contributed by atoms with Crippen molar-refractivity contribution in [2.45, 2.75) is 44.2 Å². The second-order valence-corrected chi connectivity index (χ2v) is 9.62. The molecule has 0 radical (unpaired) electrons. The number of esters is 1. The van der Waals surface area contributed by atoms with Crippen molar-refractivity contribution in [1.82, 2.24) is 20.5 Å². The van der Waals surface area contributed by atoms with E-state index in [1.54, 1.807) is 4.90 Å². The van der Waals surface area contributed by atoms with Crippen LogP contribution in [0.1, 0.15) is 42.6 Å². The number of hydrogen-bond donors (Lipinski definition) is 3. The molecule has 3 heterocycles. The zero-order valence-electron chi connectivity index (χ0n) is 19.2. The largest absolute Gasteiger partial charge is 0.467 e. The summed E-state index contributed by atoms with van der Waals surface area (Å²) in [5.74, 6) is -1.29. The lowest BCUT2D eigenvalue weighted by atomic mass is 9.92. The highest BCUT2D eigenvalue weighted by Gasteiger charge is 2.50. The third-order valence-electron chi connectivity index (χ3n) is 7.67. The van der Waals surface area contributed by atoms with Gasteiger partial charge in [-0.2, -0.15) is 0 Å². The Kier molecular flexibility index (Phi) is 6.02. The minimum Gasteiger partial charge on any atom is -0.467 e. The number of ether oxygens (including phenoxy) is 1. The third-order valence-corrected chi connectivity index (χ3v) is 7.67. The van der Waals surface area contributed by atoms with Gasteiger partial charge < -0.3 is 25.3 Å². The Morgan fingerprint density at radius 2 is 2.03 bits per heavy atom. The molecular weight excluding hydrogens is 436 g/mol. The number of nitrogens with one attached hydrogen (secondary N) is 3. The predicted molar refractivity (Wildman–Crippen MR) is 124 cm³/mol. The molecule has 3 amide bonds. The van der Waals surface area contributed by atoms with Crippen molar-refractivity contribution in [3.63, 3.8) is 0 Å². The molecule has 3 aliphatic rings. The number of carbonyl (C=O) groups excluding carboxylic acids is 4. The standard InChI is InChI=1S/C25H30N4O5/c1-34-25(33)20(12-15-9-10-26-22(15)30)28-23(31)21-17-7-4-6-16(17)13-29(21)24(32)19-11-14-5-2-3-8-18(14)27-19/h2-3,5,8,11,15-17,20-21,27H,4,6-7,9-10,12-13H2,1H3,(H,26,30)(H,28,31)/t15-,16-,17-,20-,21-/m0/s1. The molecule has 180 valence electrons. The highest BCUT2D eigenvalue weighted by Crippen LogP contribution is 2.43. The lowest BCUT2D eigenvalue weighted by Crippen LogP contribution is -2.53. The molecule has 5 atom stereocenters. The first-order valence-corrected chi connectivity index (χ1v) is 12.0. The fraction of sp³-hybridized carbons (Fsp3) is 0.520. The van der Waals surface area contributed by atoms with E-state index >= 15 is 0 Å². The maximum Gasteiger partial charge on any atom is 0.328 e. The number of para-hydroxylation sites is 1. The maximum atomic E-state index is 13.6. The summed E-state index contributed by atoms with van der Waals surface area (Å²) in [6.45, 7) is 1.08. The smallest absolute Gasteiger partial charge is 0.328 e. The number of H-pyrrole nitrogens is 1. The summed E-state index contributed by atoms with van der Waals surface area (Å²) >= 11 is 0. The molecule has 5 rings (SSSR count). The Morgan fingerprint density at radius 3 is 2.76 bits per heavy atom. The lowest BCUT2D eigenvalue weighted by Gasteiger charge is -2.28. The number of amides is 3. The zero-order valence-corrected chi connectivity index (χ0v) is 19.2. The van der Waals surface area contributed by atoms with Gasteiger partial charge in [0.25, 0.3) is 5.91 Å². The Labute approximate surface area is 197 Å². The highest BCUT2D eigenvalue weighted by atomic mass is 16.5. The summed E-state index contributed by atoms with van der Waals surface area (Å²) in [7, 11) is 1.27. The summed E-state index contributed by atoms with van der Waals surface area (Å²) in [6, 6.07) is 7.89. The van der Waals surface area contributed by atoms with E-state index in [1.165, 1.54) is 7.11 Å². The summed E-state index contributed by atoms with van der Waals surface area (Å²) in [5.41, 5.74) is 1.32. The fourth-order valence-corrected chi connectivity index (χ4v) is 5.96. The Morgan fingerprint density at radius 1 is 1.21 bits per heavy atom. The molecule has 1 aromatic carbocycles. The summed E-state index contributed by atoms with van der Waals surface area (Å²) in [5, 5.41) is 6.53. The molecule has 34 heavy (non-hydrogen) atoms. The van der Waals surface area contributed by atoms with E-state index in [-0.39, 0.29) is 41.9 Å². The van der Waals surface area contributed by atoms with Crippen LogP contribution in [0.25, 0.3) is 10.9 Å². The van der Waals surface area contributed by atoms with Gasteiger partial charge in [0.1, 0.15) is 17.8 Å². The van der Waals surface area contributed by atoms with Crippen LogP contribution in [-0.2, 0) is 19.1 Å². The normalized spacial score (nSPS) is 26.9. The van der Waals surface area contributed by atoms with E-state index in [0.717, 1.165) is 30.2 Å². The first-order valence-electron chi connectivity index (χ1n) is 12.0. The quantitative estimate of drug-likeness (QED) is 0.559. The Hall–Kier alpha value is -3.36. The van der Waals surface area contributed by atoms with E-state index in [9.17, 15) is 19.2 Å². The maximum absolute atomic E-state index is 13.6. The van der Waals surface area contributed by atoms with E-state index in [4.69, 9.17) is 4.74 Å². The molecule has 0 bridgehead atoms. The minimum absolute atomic E-state index is 0.0569. The fourth-order valence-electron chi connectivity index (χ4n) is 5.96. The van der Waals surface area contributed by atoms with Crippen molar-refractivity contribution in [2.24, 2.45) is 17.8 Å². The summed E-state index contributed by atoms with van der Waals surface area (Å²) < 4.78 is 4.91. The van der Waals surface area contributed by atoms with E-state index in [1.807, 2.05) is 30.3 Å². The number of hydrogen-bond acceptors (Lipinski definition) is 5. The molecule has 1 aromatic heterocycles. The molecule has 0 spiro atoms. The number of rotatable bonds is 6. The molecule has 2 aromatic rings. The number of likely N-dealkylation sites (tertiary alicyclic amines) is 1. The Balaban J connectivity index is 1.38. The van der Waals surface area contributed by atoms with Gasteiger partial charge in [0.15, 0.2) is 0 Å². The van der Waals surface area contributed by atoms with Crippen molar-refractivity contribution >= 4 is 34.6 Å². The van der Waals surface area contributed by atoms with Crippen LogP contribution in [0, 0.1) is 17.8 Å². The number of nitrogens with zero attached hydrogens (tertiary/aromatic N) is 1. The van der Waals surface area contributed by atoms with Gasteiger partial charge in [0, 0.05) is 29.9 Å². The molecule has 1 saturated carbocycles. The predicted octanol–water partition coefficient (Wildman–Crippen LogP) is 1.59. The van der Waals surface area contributed by atoms with E-state index in [2.05, 4.69) is 15.6 Å². The number of methoxy groups -OCH3 is 1. The van der Waals surface area contributed by atoms with Gasteiger partial charge in [-0.15, -0.1) is 0 Å². The molecule has 3 fully saturated rings. The van der Waals surface area contributed by atoms with Crippen LogP contribution in [-0.4, -0.2) is 65.9 Å². The van der Waals surface area contributed by atoms with E-state index in [0.29, 0.717) is 25.2 Å². The van der Waals surface area contributed by atoms with Crippen molar-refractivity contribution < 1.29 is 23.9 Å². The summed E-state index contributed by atoms with van der Waals surface area (Å²) in [6.07, 6.45) is 3.67. The summed E-state index contributed by atoms with van der Waals surface area (Å²) in [4.78, 5) is 56.5. The van der Waals surface area contributed by atoms with Gasteiger partial charge in [0.05, 0.1) is 7.11 Å². The number of aromatic nitrogens is 1. The minimum atomic E-state index is -0.933. The van der Waals surface area contributed by atoms with Crippen molar-refractivity contribution in [3.05, 3.63) is 36.0 Å². The van der Waals surface area contributed by atoms with Gasteiger partial charge in [0.2, 0.25) is 11.8 Å². The molecule has 0 unspecified atom stereocenters. The van der Waals surface area contributed by atoms with Crippen LogP contribution in [0.15, 0.2) is 30.3 Å². The SMILES string of the molecule is COC(=O)[C@H](C[C@@H]1CCNC1=O)NC(=O)[C@@H]1[C@H]2CCC[C@H]2CN1C(=O)c1cc2ccccc2[nH]1. The first kappa shape index (κ1) is 22.4. The molecule has 2 saturated heterocycles. The van der Waals surface area contributed by atoms with Crippen LogP contribution < -0.4 is 10.6 Å². The van der Waals surface area contributed by atoms with Gasteiger partial charge in [-0.25, -0.2) is 4.79 Å². The van der Waals surface area contributed by atoms with Crippen LogP contribution in [0.3, 0.4) is 0 Å². The van der Waals surface area contributed by atoms with Gasteiger partial charge in [-0.05, 0) is 49.7 Å². The van der Waals surface area contributed by atoms with Gasteiger partial charge in [-0.3, -0.25) is 14.4 Å². The second kappa shape index (κ2) is 9.12. The Bertz CT molecular complexity index is 1090. The second-order valence-electron chi connectivity index (χ2n) is 9.62. The number of fused-ring (bicyclic) bond motifs is 2. The monoisotopic (exact) mass is 466 g/mol. The number of carbonyl (C=O) groups is 4. The molecule has 2 aliphatic heterocycles. The topological polar surface area (TPSA) is 121 Å². The molecule has 9 heteroatoms. The van der Waals surface area contributed by atoms with Crippen molar-refractivity contribution in [2.75, 3.05) is 20.2 Å². The van der Waals surface area contributed by atoms with E-state index < -0.39 is 18.1 Å². The zero-order chi connectivity index (χ0) is 23.8. The molecule has 9 nitrogen and oxygen atoms in total. The highest BCUT2D eigenvalue weighted by molar-refractivity contribution is 6.01.